The smallest absolute Gasteiger partial charge is 0.129 e. The Bertz CT molecular complexity index is 692. The van der Waals surface area contributed by atoms with E-state index in [9.17, 15) is 8.78 Å². The zero-order valence-electron chi connectivity index (χ0n) is 13.1. The van der Waals surface area contributed by atoms with Crippen molar-refractivity contribution in [3.8, 4) is 5.75 Å². The van der Waals surface area contributed by atoms with Crippen LogP contribution in [0.15, 0.2) is 47.8 Å². The van der Waals surface area contributed by atoms with Crippen molar-refractivity contribution in [2.24, 2.45) is 11.8 Å². The van der Waals surface area contributed by atoms with Gasteiger partial charge in [0.1, 0.15) is 24.0 Å². The molecule has 0 saturated heterocycles. The lowest BCUT2D eigenvalue weighted by Crippen LogP contribution is -2.29. The van der Waals surface area contributed by atoms with E-state index in [0.717, 1.165) is 11.3 Å². The molecule has 122 valence electrons. The molecule has 0 saturated carbocycles. The fourth-order valence-electron chi connectivity index (χ4n) is 3.12. The lowest BCUT2D eigenvalue weighted by Gasteiger charge is -2.29. The van der Waals surface area contributed by atoms with Crippen molar-refractivity contribution >= 4 is 5.70 Å². The molecular weight excluding hydrogens is 298 g/mol. The zero-order valence-corrected chi connectivity index (χ0v) is 13.1. The van der Waals surface area contributed by atoms with Crippen molar-refractivity contribution < 1.29 is 13.5 Å². The van der Waals surface area contributed by atoms with E-state index in [2.05, 4.69) is 0 Å². The minimum atomic E-state index is -0.334. The van der Waals surface area contributed by atoms with Crippen molar-refractivity contribution in [3.05, 3.63) is 59.2 Å². The van der Waals surface area contributed by atoms with Crippen LogP contribution in [0.5, 0.6) is 5.75 Å². The second-order valence-electron chi connectivity index (χ2n) is 5.94. The van der Waals surface area contributed by atoms with Gasteiger partial charge in [-0.05, 0) is 49.1 Å². The second-order valence-corrected chi connectivity index (χ2v) is 5.94. The van der Waals surface area contributed by atoms with Crippen LogP contribution in [0.4, 0.5) is 8.78 Å². The number of hydrogen-bond acceptors (Lipinski definition) is 3. The topological polar surface area (TPSA) is 38.5 Å². The first-order chi connectivity index (χ1) is 11.1. The van der Waals surface area contributed by atoms with Gasteiger partial charge in [0.2, 0.25) is 0 Å². The van der Waals surface area contributed by atoms with Gasteiger partial charge in [-0.3, -0.25) is 0 Å². The number of nitrogens with zero attached hydrogens (tertiary/aromatic N) is 1. The third-order valence-electron chi connectivity index (χ3n) is 4.28. The maximum absolute atomic E-state index is 13.8. The Morgan fingerprint density at radius 1 is 1.35 bits per heavy atom. The Balaban J connectivity index is 1.85. The molecule has 2 aliphatic rings. The summed E-state index contributed by atoms with van der Waals surface area (Å²) in [6, 6.07) is 4.41. The minimum absolute atomic E-state index is 0.0843. The molecule has 1 unspecified atom stereocenters. The molecule has 0 fully saturated rings. The number of rotatable bonds is 4. The molecule has 5 heteroatoms. The average Bonchev–Trinajstić information content (AvgIpc) is 2.53. The highest BCUT2D eigenvalue weighted by molar-refractivity contribution is 5.73. The standard InChI is InChI=1S/C18H20F2N2O/c1-22(21)18-13(7-6-12-4-2-3-5-16(12)20)11-23-17-9-8-14(19)10-15(17)18/h2-3,5,8-10,12H,4,6-7,11,21H2,1H3. The maximum atomic E-state index is 13.8. The summed E-state index contributed by atoms with van der Waals surface area (Å²) in [6.07, 6.45) is 7.27. The number of fused-ring (bicyclic) bond motifs is 1. The Morgan fingerprint density at radius 3 is 2.91 bits per heavy atom. The van der Waals surface area contributed by atoms with Crippen LogP contribution in [-0.2, 0) is 0 Å². The Labute approximate surface area is 134 Å². The lowest BCUT2D eigenvalue weighted by atomic mass is 9.90. The highest BCUT2D eigenvalue weighted by atomic mass is 19.1. The van der Waals surface area contributed by atoms with Gasteiger partial charge >= 0.3 is 0 Å². The van der Waals surface area contributed by atoms with Crippen LogP contribution < -0.4 is 10.6 Å². The van der Waals surface area contributed by atoms with Gasteiger partial charge < -0.3 is 9.75 Å². The summed E-state index contributed by atoms with van der Waals surface area (Å²) in [5.41, 5.74) is 2.38. The SMILES string of the molecule is CN(N)C1=C(CCC2CC=CC=C2F)COc2ccc(F)cc21. The van der Waals surface area contributed by atoms with Crippen LogP contribution in [0.2, 0.25) is 0 Å². The monoisotopic (exact) mass is 318 g/mol. The molecule has 1 aliphatic heterocycles. The third kappa shape index (κ3) is 3.29. The number of ether oxygens (including phenoxy) is 1. The number of nitrogens with two attached hydrogens (primary N) is 1. The fourth-order valence-corrected chi connectivity index (χ4v) is 3.12. The van der Waals surface area contributed by atoms with E-state index in [-0.39, 0.29) is 17.6 Å². The first-order valence-electron chi connectivity index (χ1n) is 7.71. The van der Waals surface area contributed by atoms with Crippen LogP contribution in [0, 0.1) is 11.7 Å². The van der Waals surface area contributed by atoms with Crippen LogP contribution in [-0.4, -0.2) is 18.7 Å². The molecule has 23 heavy (non-hydrogen) atoms. The first kappa shape index (κ1) is 15.7. The molecule has 1 atom stereocenters. The van der Waals surface area contributed by atoms with E-state index >= 15 is 0 Å². The molecule has 0 radical (unpaired) electrons. The van der Waals surface area contributed by atoms with E-state index < -0.39 is 0 Å². The van der Waals surface area contributed by atoms with Crippen molar-refractivity contribution in [3.63, 3.8) is 0 Å². The molecule has 0 amide bonds. The normalized spacial score (nSPS) is 20.0. The molecule has 1 aliphatic carbocycles. The number of hydrogen-bond donors (Lipinski definition) is 1. The molecule has 2 N–H and O–H groups in total. The van der Waals surface area contributed by atoms with Crippen molar-refractivity contribution in [2.45, 2.75) is 19.3 Å². The van der Waals surface area contributed by atoms with Gasteiger partial charge in [-0.2, -0.15) is 0 Å². The Kier molecular flexibility index (Phi) is 4.48. The van der Waals surface area contributed by atoms with E-state index in [4.69, 9.17) is 10.6 Å². The number of allylic oxidation sites excluding steroid dienone is 4. The van der Waals surface area contributed by atoms with Crippen molar-refractivity contribution in [1.82, 2.24) is 5.01 Å². The predicted octanol–water partition coefficient (Wildman–Crippen LogP) is 3.94. The Hall–Kier alpha value is -2.14. The number of benzene rings is 1. The molecule has 3 nitrogen and oxygen atoms in total. The van der Waals surface area contributed by atoms with Crippen LogP contribution in [0.1, 0.15) is 24.8 Å². The van der Waals surface area contributed by atoms with Gasteiger partial charge in [-0.1, -0.05) is 12.2 Å². The summed E-state index contributed by atoms with van der Waals surface area (Å²) in [5.74, 6) is 6.05. The average molecular weight is 318 g/mol. The molecular formula is C18H20F2N2O. The van der Waals surface area contributed by atoms with Crippen LogP contribution in [0.3, 0.4) is 0 Å². The zero-order chi connectivity index (χ0) is 16.4. The molecule has 3 rings (SSSR count). The van der Waals surface area contributed by atoms with E-state index in [1.54, 1.807) is 19.2 Å². The van der Waals surface area contributed by atoms with Gasteiger partial charge in [0.15, 0.2) is 0 Å². The van der Waals surface area contributed by atoms with E-state index in [1.807, 2.05) is 6.08 Å². The summed E-state index contributed by atoms with van der Waals surface area (Å²) in [7, 11) is 1.72. The largest absolute Gasteiger partial charge is 0.488 e. The lowest BCUT2D eigenvalue weighted by molar-refractivity contribution is 0.325. The van der Waals surface area contributed by atoms with Crippen molar-refractivity contribution in [1.29, 1.82) is 0 Å². The highest BCUT2D eigenvalue weighted by Gasteiger charge is 2.24. The van der Waals surface area contributed by atoms with E-state index in [0.29, 0.717) is 37.2 Å². The summed E-state index contributed by atoms with van der Waals surface area (Å²) in [4.78, 5) is 0. The van der Waals surface area contributed by atoms with Gasteiger partial charge in [0, 0.05) is 18.5 Å². The number of halogens is 2. The van der Waals surface area contributed by atoms with Gasteiger partial charge in [0.05, 0.1) is 5.70 Å². The maximum Gasteiger partial charge on any atom is 0.129 e. The third-order valence-corrected chi connectivity index (χ3v) is 4.28. The summed E-state index contributed by atoms with van der Waals surface area (Å²) in [6.45, 7) is 0.392. The minimum Gasteiger partial charge on any atom is -0.488 e. The molecule has 1 aromatic rings. The summed E-state index contributed by atoms with van der Waals surface area (Å²) < 4.78 is 33.1. The van der Waals surface area contributed by atoms with Crippen LogP contribution in [0.25, 0.3) is 5.70 Å². The quantitative estimate of drug-likeness (QED) is 0.675. The summed E-state index contributed by atoms with van der Waals surface area (Å²) in [5, 5.41) is 1.49. The second kappa shape index (κ2) is 6.54. The van der Waals surface area contributed by atoms with Gasteiger partial charge in [0.25, 0.3) is 0 Å². The first-order valence-corrected chi connectivity index (χ1v) is 7.71. The number of hydrazine groups is 1. The highest BCUT2D eigenvalue weighted by Crippen LogP contribution is 2.37. The predicted molar refractivity (Wildman–Crippen MR) is 86.4 cm³/mol. The van der Waals surface area contributed by atoms with Crippen molar-refractivity contribution in [2.75, 3.05) is 13.7 Å². The van der Waals surface area contributed by atoms with Crippen LogP contribution >= 0.6 is 0 Å². The van der Waals surface area contributed by atoms with Gasteiger partial charge in [-0.25, -0.2) is 14.6 Å². The van der Waals surface area contributed by atoms with Gasteiger partial charge in [-0.15, -0.1) is 0 Å². The van der Waals surface area contributed by atoms with E-state index in [1.165, 1.54) is 23.2 Å². The molecule has 0 spiro atoms. The molecule has 0 bridgehead atoms. The summed E-state index contributed by atoms with van der Waals surface area (Å²) >= 11 is 0. The molecule has 0 aromatic heterocycles. The Morgan fingerprint density at radius 2 is 2.17 bits per heavy atom. The fraction of sp³-hybridized carbons (Fsp3) is 0.333. The molecule has 1 aromatic carbocycles. The molecule has 1 heterocycles.